The van der Waals surface area contributed by atoms with Gasteiger partial charge in [0.05, 0.1) is 17.4 Å². The maximum atomic E-state index is 5.07. The molecule has 0 fully saturated rings. The molecule has 1 aliphatic carbocycles. The van der Waals surface area contributed by atoms with Gasteiger partial charge in [0.15, 0.2) is 0 Å². The number of benzene rings is 5. The number of rotatable bonds is 4. The monoisotopic (exact) mass is 540 g/mol. The molecule has 2 aliphatic rings. The van der Waals surface area contributed by atoms with Crippen molar-refractivity contribution < 1.29 is 0 Å². The fourth-order valence-corrected chi connectivity index (χ4v) is 7.38. The molecule has 1 aromatic heterocycles. The van der Waals surface area contributed by atoms with Gasteiger partial charge in [-0.05, 0) is 63.6 Å². The normalized spacial score (nSPS) is 17.9. The summed E-state index contributed by atoms with van der Waals surface area (Å²) in [6.07, 6.45) is 0. The molecule has 2 heterocycles. The van der Waals surface area contributed by atoms with E-state index in [0.29, 0.717) is 5.92 Å². The van der Waals surface area contributed by atoms with Gasteiger partial charge in [0.2, 0.25) is 0 Å². The summed E-state index contributed by atoms with van der Waals surface area (Å²) in [5, 5.41) is 0. The highest BCUT2D eigenvalue weighted by atomic mass is 15.2. The van der Waals surface area contributed by atoms with E-state index in [1.807, 2.05) is 0 Å². The van der Waals surface area contributed by atoms with Gasteiger partial charge in [0.25, 0.3) is 0 Å². The zero-order chi connectivity index (χ0) is 28.3. The average molecular weight is 541 g/mol. The Labute approximate surface area is 248 Å². The molecule has 1 unspecified atom stereocenters. The molecule has 0 saturated heterocycles. The van der Waals surface area contributed by atoms with E-state index in [9.17, 15) is 0 Å². The number of pyridine rings is 1. The smallest absolute Gasteiger partial charge is 0.0715 e. The summed E-state index contributed by atoms with van der Waals surface area (Å²) in [5.74, 6) is 0.410. The first-order chi connectivity index (χ1) is 20.6. The maximum Gasteiger partial charge on any atom is 0.0715 e. The van der Waals surface area contributed by atoms with Gasteiger partial charge in [0, 0.05) is 28.4 Å². The molecule has 202 valence electrons. The molecule has 0 saturated carbocycles. The zero-order valence-electron chi connectivity index (χ0n) is 23.9. The number of nitrogens with zero attached hydrogens (tertiary/aromatic N) is 2. The molecular weight excluding hydrogens is 508 g/mol. The third-order valence-corrected chi connectivity index (χ3v) is 9.32. The van der Waals surface area contributed by atoms with Crippen molar-refractivity contribution in [2.75, 3.05) is 4.90 Å². The fraction of sp³-hybridized carbons (Fsp3) is 0.125. The Bertz CT molecular complexity index is 1850. The number of aromatic nitrogens is 1. The van der Waals surface area contributed by atoms with Crippen LogP contribution in [0, 0.1) is 0 Å². The maximum absolute atomic E-state index is 5.07. The fourth-order valence-electron chi connectivity index (χ4n) is 7.38. The summed E-state index contributed by atoms with van der Waals surface area (Å²) in [4.78, 5) is 7.65. The predicted molar refractivity (Wildman–Crippen MR) is 174 cm³/mol. The number of anilines is 2. The Balaban J connectivity index is 1.23. The molecule has 2 heteroatoms. The van der Waals surface area contributed by atoms with Crippen molar-refractivity contribution in [3.63, 3.8) is 0 Å². The van der Waals surface area contributed by atoms with Crippen LogP contribution in [-0.2, 0) is 5.41 Å². The van der Waals surface area contributed by atoms with E-state index in [1.165, 1.54) is 39.2 Å². The first kappa shape index (κ1) is 24.8. The lowest BCUT2D eigenvalue weighted by atomic mass is 9.75. The van der Waals surface area contributed by atoms with Gasteiger partial charge in [-0.2, -0.15) is 0 Å². The first-order valence-electron chi connectivity index (χ1n) is 14.8. The minimum absolute atomic E-state index is 0.0603. The number of para-hydroxylation sites is 1. The molecule has 0 bridgehead atoms. The minimum atomic E-state index is 0.0603. The van der Waals surface area contributed by atoms with Crippen molar-refractivity contribution in [2.24, 2.45) is 0 Å². The highest BCUT2D eigenvalue weighted by molar-refractivity contribution is 5.80. The van der Waals surface area contributed by atoms with Crippen molar-refractivity contribution in [3.05, 3.63) is 162 Å². The predicted octanol–water partition coefficient (Wildman–Crippen LogP) is 10.4. The Hall–Kier alpha value is -4.95. The molecule has 8 rings (SSSR count). The Morgan fingerprint density at radius 2 is 1.07 bits per heavy atom. The summed E-state index contributed by atoms with van der Waals surface area (Å²) in [5.41, 5.74) is 13.5. The van der Waals surface area contributed by atoms with Crippen LogP contribution in [0.5, 0.6) is 0 Å². The van der Waals surface area contributed by atoms with Crippen molar-refractivity contribution in [2.45, 2.75) is 31.2 Å². The molecule has 0 radical (unpaired) electrons. The summed E-state index contributed by atoms with van der Waals surface area (Å²) in [6, 6.07) is 52.8. The SMILES string of the molecule is CC1(C)c2ccccc2[C@H]2C1c1ccccc1N2c1ccc(-c2cc(-c3ccccc3)nc(-c3ccccc3)c2)cc1. The molecule has 0 spiro atoms. The van der Waals surface area contributed by atoms with Crippen molar-refractivity contribution in [3.8, 4) is 33.6 Å². The molecule has 0 N–H and O–H groups in total. The highest BCUT2D eigenvalue weighted by Gasteiger charge is 2.54. The largest absolute Gasteiger partial charge is 0.333 e. The van der Waals surface area contributed by atoms with E-state index in [1.54, 1.807) is 0 Å². The Morgan fingerprint density at radius 3 is 1.71 bits per heavy atom. The molecule has 0 amide bonds. The molecule has 5 aromatic carbocycles. The number of fused-ring (bicyclic) bond motifs is 5. The van der Waals surface area contributed by atoms with E-state index >= 15 is 0 Å². The number of hydrogen-bond acceptors (Lipinski definition) is 2. The van der Waals surface area contributed by atoms with Gasteiger partial charge in [-0.3, -0.25) is 0 Å². The lowest BCUT2D eigenvalue weighted by molar-refractivity contribution is 0.420. The lowest BCUT2D eigenvalue weighted by Gasteiger charge is -2.30. The second kappa shape index (κ2) is 9.56. The summed E-state index contributed by atoms with van der Waals surface area (Å²) in [6.45, 7) is 4.83. The van der Waals surface area contributed by atoms with Crippen LogP contribution >= 0.6 is 0 Å². The molecule has 2 atom stereocenters. The van der Waals surface area contributed by atoms with Crippen LogP contribution in [0.25, 0.3) is 33.6 Å². The van der Waals surface area contributed by atoms with Gasteiger partial charge in [-0.1, -0.05) is 129 Å². The number of hydrogen-bond donors (Lipinski definition) is 0. The van der Waals surface area contributed by atoms with Crippen LogP contribution in [0.3, 0.4) is 0 Å². The second-order valence-electron chi connectivity index (χ2n) is 12.1. The van der Waals surface area contributed by atoms with Crippen LogP contribution in [-0.4, -0.2) is 4.98 Å². The quantitative estimate of drug-likeness (QED) is 0.221. The van der Waals surface area contributed by atoms with Crippen LogP contribution in [0.15, 0.2) is 146 Å². The summed E-state index contributed by atoms with van der Waals surface area (Å²) in [7, 11) is 0. The highest BCUT2D eigenvalue weighted by Crippen LogP contribution is 2.64. The van der Waals surface area contributed by atoms with E-state index < -0.39 is 0 Å². The van der Waals surface area contributed by atoms with Gasteiger partial charge in [-0.15, -0.1) is 0 Å². The second-order valence-corrected chi connectivity index (χ2v) is 12.1. The molecule has 2 nitrogen and oxygen atoms in total. The topological polar surface area (TPSA) is 16.1 Å². The standard InChI is InChI=1S/C40H32N2/c1-40(2)34-19-11-9-17-32(34)39-38(40)33-18-10-12-20-37(33)42(39)31-23-21-27(22-24-31)30-25-35(28-13-5-3-6-14-28)41-36(26-30)29-15-7-4-8-16-29/h3-26,38-39H,1-2H3/t38?,39-/m0/s1. The minimum Gasteiger partial charge on any atom is -0.333 e. The van der Waals surface area contributed by atoms with E-state index in [-0.39, 0.29) is 11.5 Å². The Kier molecular flexibility index (Phi) is 5.65. The Morgan fingerprint density at radius 1 is 0.524 bits per heavy atom. The van der Waals surface area contributed by atoms with E-state index in [4.69, 9.17) is 4.98 Å². The van der Waals surface area contributed by atoms with Crippen LogP contribution in [0.1, 0.15) is 42.5 Å². The van der Waals surface area contributed by atoms with Gasteiger partial charge >= 0.3 is 0 Å². The average Bonchev–Trinajstić information content (AvgIpc) is 3.52. The molecule has 42 heavy (non-hydrogen) atoms. The van der Waals surface area contributed by atoms with E-state index in [0.717, 1.165) is 22.5 Å². The van der Waals surface area contributed by atoms with Crippen molar-refractivity contribution >= 4 is 11.4 Å². The van der Waals surface area contributed by atoms with Crippen LogP contribution < -0.4 is 4.90 Å². The first-order valence-corrected chi connectivity index (χ1v) is 14.8. The third-order valence-electron chi connectivity index (χ3n) is 9.32. The summed E-state index contributed by atoms with van der Waals surface area (Å²) < 4.78 is 0. The van der Waals surface area contributed by atoms with Crippen molar-refractivity contribution in [1.29, 1.82) is 0 Å². The lowest BCUT2D eigenvalue weighted by Crippen LogP contribution is -2.25. The third kappa shape index (κ3) is 3.83. The van der Waals surface area contributed by atoms with Crippen LogP contribution in [0.4, 0.5) is 11.4 Å². The van der Waals surface area contributed by atoms with Gasteiger partial charge < -0.3 is 4.90 Å². The zero-order valence-corrected chi connectivity index (χ0v) is 23.9. The van der Waals surface area contributed by atoms with Gasteiger partial charge in [0.1, 0.15) is 0 Å². The molecule has 1 aliphatic heterocycles. The van der Waals surface area contributed by atoms with E-state index in [2.05, 4.69) is 164 Å². The summed E-state index contributed by atoms with van der Waals surface area (Å²) >= 11 is 0. The van der Waals surface area contributed by atoms with Crippen molar-refractivity contribution in [1.82, 2.24) is 4.98 Å². The van der Waals surface area contributed by atoms with Crippen LogP contribution in [0.2, 0.25) is 0 Å². The molecule has 6 aromatic rings. The molecular formula is C40H32N2. The van der Waals surface area contributed by atoms with Gasteiger partial charge in [-0.25, -0.2) is 4.98 Å².